The highest BCUT2D eigenvalue weighted by molar-refractivity contribution is 7.12. The van der Waals surface area contributed by atoms with Gasteiger partial charge in [0.25, 0.3) is 0 Å². The number of methoxy groups -OCH3 is 2. The van der Waals surface area contributed by atoms with E-state index >= 15 is 0 Å². The summed E-state index contributed by atoms with van der Waals surface area (Å²) in [5.41, 5.74) is 2.00. The van der Waals surface area contributed by atoms with Crippen molar-refractivity contribution in [2.45, 2.75) is 0 Å². The summed E-state index contributed by atoms with van der Waals surface area (Å²) in [7, 11) is 3.11. The molecule has 1 aromatic heterocycles. The lowest BCUT2D eigenvalue weighted by atomic mass is 10.0. The second-order valence-electron chi connectivity index (χ2n) is 5.18. The van der Waals surface area contributed by atoms with Gasteiger partial charge in [0.15, 0.2) is 11.5 Å². The molecule has 25 heavy (non-hydrogen) atoms. The molecule has 1 heterocycles. The van der Waals surface area contributed by atoms with E-state index in [2.05, 4.69) is 11.8 Å². The number of ether oxygens (including phenoxy) is 2. The number of carbonyl (C=O) groups excluding carboxylic acids is 1. The molecule has 0 atom stereocenters. The fourth-order valence-corrected chi connectivity index (χ4v) is 3.05. The van der Waals surface area contributed by atoms with Crippen LogP contribution in [0, 0.1) is 11.8 Å². The van der Waals surface area contributed by atoms with Gasteiger partial charge in [-0.3, -0.25) is 4.79 Å². The van der Waals surface area contributed by atoms with E-state index in [0.29, 0.717) is 27.5 Å². The maximum atomic E-state index is 12.9. The highest BCUT2D eigenvalue weighted by Gasteiger charge is 2.18. The Labute approximate surface area is 150 Å². The van der Waals surface area contributed by atoms with E-state index in [1.807, 2.05) is 41.8 Å². The zero-order valence-electron chi connectivity index (χ0n) is 13.9. The van der Waals surface area contributed by atoms with Gasteiger partial charge in [-0.2, -0.15) is 0 Å². The predicted molar refractivity (Wildman–Crippen MR) is 99.7 cm³/mol. The minimum absolute atomic E-state index is 0.0756. The third-order valence-corrected chi connectivity index (χ3v) is 4.50. The van der Waals surface area contributed by atoms with Gasteiger partial charge in [-0.15, -0.1) is 11.3 Å². The first kappa shape index (κ1) is 16.8. The van der Waals surface area contributed by atoms with Crippen molar-refractivity contribution >= 4 is 17.1 Å². The molecule has 0 amide bonds. The van der Waals surface area contributed by atoms with Crippen LogP contribution in [0.4, 0.5) is 0 Å². The van der Waals surface area contributed by atoms with Gasteiger partial charge in [0.1, 0.15) is 0 Å². The zero-order chi connectivity index (χ0) is 17.6. The minimum Gasteiger partial charge on any atom is -0.493 e. The van der Waals surface area contributed by atoms with E-state index in [9.17, 15) is 4.79 Å². The number of benzene rings is 2. The van der Waals surface area contributed by atoms with Gasteiger partial charge in [-0.05, 0) is 29.6 Å². The fourth-order valence-electron chi connectivity index (χ4n) is 2.37. The number of thiophene rings is 1. The number of carbonyl (C=O) groups is 1. The van der Waals surface area contributed by atoms with Crippen LogP contribution in [-0.2, 0) is 0 Å². The molecule has 0 aliphatic rings. The smallest absolute Gasteiger partial charge is 0.204 e. The molecule has 0 saturated carbocycles. The molecule has 0 spiro atoms. The van der Waals surface area contributed by atoms with Crippen molar-refractivity contribution in [2.75, 3.05) is 14.2 Å². The third-order valence-electron chi connectivity index (χ3n) is 3.63. The van der Waals surface area contributed by atoms with Crippen LogP contribution in [0.15, 0.2) is 60.0 Å². The fraction of sp³-hybridized carbons (Fsp3) is 0.0952. The van der Waals surface area contributed by atoms with Gasteiger partial charge >= 0.3 is 0 Å². The van der Waals surface area contributed by atoms with Gasteiger partial charge in [-0.25, -0.2) is 0 Å². The molecular formula is C21H16O3S. The molecule has 3 aromatic rings. The van der Waals surface area contributed by atoms with Crippen LogP contribution in [0.1, 0.15) is 26.4 Å². The molecule has 124 valence electrons. The van der Waals surface area contributed by atoms with Crippen LogP contribution < -0.4 is 9.47 Å². The van der Waals surface area contributed by atoms with Gasteiger partial charge in [-0.1, -0.05) is 36.1 Å². The Kier molecular flexibility index (Phi) is 5.17. The van der Waals surface area contributed by atoms with Gasteiger partial charge in [0, 0.05) is 22.8 Å². The predicted octanol–water partition coefficient (Wildman–Crippen LogP) is 4.40. The Morgan fingerprint density at radius 1 is 0.920 bits per heavy atom. The quantitative estimate of drug-likeness (QED) is 0.518. The molecule has 3 nitrogen and oxygen atoms in total. The summed E-state index contributed by atoms with van der Waals surface area (Å²) in [4.78, 5) is 13.5. The van der Waals surface area contributed by atoms with E-state index in [1.54, 1.807) is 32.4 Å². The minimum atomic E-state index is -0.0756. The van der Waals surface area contributed by atoms with Crippen LogP contribution in [0.3, 0.4) is 0 Å². The summed E-state index contributed by atoms with van der Waals surface area (Å²) in [6.45, 7) is 0. The average Bonchev–Trinajstić information content (AvgIpc) is 3.20. The Balaban J connectivity index is 2.12. The van der Waals surface area contributed by atoms with E-state index < -0.39 is 0 Å². The Morgan fingerprint density at radius 2 is 1.64 bits per heavy atom. The second kappa shape index (κ2) is 7.69. The number of ketones is 1. The highest BCUT2D eigenvalue weighted by Crippen LogP contribution is 2.32. The summed E-state index contributed by atoms with van der Waals surface area (Å²) in [6, 6.07) is 16.7. The van der Waals surface area contributed by atoms with Crippen molar-refractivity contribution in [2.24, 2.45) is 0 Å². The summed E-state index contributed by atoms with van der Waals surface area (Å²) < 4.78 is 10.7. The van der Waals surface area contributed by atoms with Crippen molar-refractivity contribution in [3.05, 3.63) is 81.5 Å². The van der Waals surface area contributed by atoms with Crippen molar-refractivity contribution in [1.29, 1.82) is 0 Å². The monoisotopic (exact) mass is 348 g/mol. The number of hydrogen-bond donors (Lipinski definition) is 0. The number of rotatable bonds is 4. The summed E-state index contributed by atoms with van der Waals surface area (Å²) in [5.74, 6) is 7.17. The average molecular weight is 348 g/mol. The second-order valence-corrected chi connectivity index (χ2v) is 6.12. The molecule has 3 rings (SSSR count). The molecule has 0 radical (unpaired) electrons. The Morgan fingerprint density at radius 3 is 2.28 bits per heavy atom. The topological polar surface area (TPSA) is 35.5 Å². The van der Waals surface area contributed by atoms with E-state index in [1.165, 1.54) is 11.3 Å². The standard InChI is InChI=1S/C21H16O3S/c1-23-18-13-16(11-10-15-7-4-3-5-8-15)17(14-19(18)24-2)21(22)20-9-6-12-25-20/h3-9,12-14H,1-2H3. The van der Waals surface area contributed by atoms with Crippen LogP contribution >= 0.6 is 11.3 Å². The third kappa shape index (κ3) is 3.73. The van der Waals surface area contributed by atoms with Gasteiger partial charge < -0.3 is 9.47 Å². The van der Waals surface area contributed by atoms with Gasteiger partial charge in [0.2, 0.25) is 5.78 Å². The normalized spacial score (nSPS) is 9.84. The van der Waals surface area contributed by atoms with E-state index in [-0.39, 0.29) is 5.78 Å². The van der Waals surface area contributed by atoms with Crippen molar-refractivity contribution in [3.63, 3.8) is 0 Å². The van der Waals surface area contributed by atoms with E-state index in [4.69, 9.17) is 9.47 Å². The largest absolute Gasteiger partial charge is 0.493 e. The molecule has 0 fully saturated rings. The SMILES string of the molecule is COc1cc(C#Cc2ccccc2)c(C(=O)c2cccs2)cc1OC. The molecule has 4 heteroatoms. The van der Waals surface area contributed by atoms with Crippen LogP contribution in [0.5, 0.6) is 11.5 Å². The molecule has 0 bridgehead atoms. The highest BCUT2D eigenvalue weighted by atomic mass is 32.1. The first-order chi connectivity index (χ1) is 12.2. The maximum absolute atomic E-state index is 12.9. The van der Waals surface area contributed by atoms with Crippen molar-refractivity contribution in [1.82, 2.24) is 0 Å². The first-order valence-electron chi connectivity index (χ1n) is 7.64. The lowest BCUT2D eigenvalue weighted by Gasteiger charge is -2.11. The summed E-state index contributed by atoms with van der Waals surface area (Å²) in [6.07, 6.45) is 0. The van der Waals surface area contributed by atoms with Crippen molar-refractivity contribution < 1.29 is 14.3 Å². The lowest BCUT2D eigenvalue weighted by Crippen LogP contribution is -2.04. The molecular weight excluding hydrogens is 332 g/mol. The Hall–Kier alpha value is -3.03. The number of hydrogen-bond acceptors (Lipinski definition) is 4. The van der Waals surface area contributed by atoms with E-state index in [0.717, 1.165) is 5.56 Å². The Bertz CT molecular complexity index is 933. The summed E-state index contributed by atoms with van der Waals surface area (Å²) in [5, 5.41) is 1.88. The molecule has 0 unspecified atom stereocenters. The molecule has 2 aromatic carbocycles. The van der Waals surface area contributed by atoms with Crippen LogP contribution in [0.2, 0.25) is 0 Å². The summed E-state index contributed by atoms with van der Waals surface area (Å²) >= 11 is 1.40. The zero-order valence-corrected chi connectivity index (χ0v) is 14.7. The van der Waals surface area contributed by atoms with Gasteiger partial charge in [0.05, 0.1) is 19.1 Å². The molecule has 0 aliphatic heterocycles. The lowest BCUT2D eigenvalue weighted by molar-refractivity contribution is 0.104. The molecule has 0 aliphatic carbocycles. The molecule has 0 N–H and O–H groups in total. The van der Waals surface area contributed by atoms with Crippen molar-refractivity contribution in [3.8, 4) is 23.3 Å². The maximum Gasteiger partial charge on any atom is 0.204 e. The van der Waals surface area contributed by atoms with Crippen LogP contribution in [0.25, 0.3) is 0 Å². The first-order valence-corrected chi connectivity index (χ1v) is 8.52. The van der Waals surface area contributed by atoms with Crippen LogP contribution in [-0.4, -0.2) is 20.0 Å². The molecule has 0 saturated heterocycles.